The predicted octanol–water partition coefficient (Wildman–Crippen LogP) is 3.85. The van der Waals surface area contributed by atoms with E-state index >= 15 is 0 Å². The third-order valence-electron chi connectivity index (χ3n) is 12.1. The number of amidine groups is 2. The maximum absolute atomic E-state index is 12.0. The normalized spacial score (nSPS) is 18.6. The van der Waals surface area contributed by atoms with E-state index in [0.717, 1.165) is 77.7 Å². The van der Waals surface area contributed by atoms with Crippen LogP contribution in [0.2, 0.25) is 0 Å². The first-order chi connectivity index (χ1) is 34.6. The Balaban J connectivity index is 0.000000185. The molecule has 378 valence electrons. The number of para-hydroxylation sites is 2. The fourth-order valence-corrected chi connectivity index (χ4v) is 10.6. The van der Waals surface area contributed by atoms with Crippen LogP contribution in [0, 0.1) is 0 Å². The number of carboxylic acid groups (broad SMARTS) is 1. The summed E-state index contributed by atoms with van der Waals surface area (Å²) in [6.45, 7) is 8.94. The number of carboxylic acids is 1. The molecule has 20 heteroatoms. The molecule has 4 aromatic carbocycles. The number of hydrogen-bond acceptors (Lipinski definition) is 18. The van der Waals surface area contributed by atoms with Crippen molar-refractivity contribution in [1.82, 2.24) is 24.9 Å². The molecule has 0 bridgehead atoms. The van der Waals surface area contributed by atoms with Gasteiger partial charge in [-0.15, -0.1) is 0 Å². The average molecular weight is 1010 g/mol. The second-order valence-electron chi connectivity index (χ2n) is 16.9. The zero-order valence-electron chi connectivity index (χ0n) is 39.6. The van der Waals surface area contributed by atoms with Gasteiger partial charge in [0.25, 0.3) is 0 Å². The summed E-state index contributed by atoms with van der Waals surface area (Å²) in [5.74, 6) is -0.519. The van der Waals surface area contributed by atoms with Gasteiger partial charge in [-0.25, -0.2) is 9.98 Å². The maximum atomic E-state index is 12.0. The summed E-state index contributed by atoms with van der Waals surface area (Å²) in [6.07, 6.45) is -0.0260. The number of carbonyl (C=O) groups is 4. The summed E-state index contributed by atoms with van der Waals surface area (Å²) >= 11 is 3.49. The van der Waals surface area contributed by atoms with Crippen molar-refractivity contribution in [3.05, 3.63) is 108 Å². The first-order valence-electron chi connectivity index (χ1n) is 23.8. The summed E-state index contributed by atoms with van der Waals surface area (Å²) in [4.78, 5) is 67.0. The number of nitrogens with one attached hydrogen (secondary N) is 1. The molecule has 0 radical (unpaired) electrons. The smallest absolute Gasteiger partial charge is 0.314 e. The molecule has 6 N–H and O–H groups in total. The highest BCUT2D eigenvalue weighted by molar-refractivity contribution is 7.99. The Kier molecular flexibility index (Phi) is 20.4. The SMILES string of the molecule is NCC1CN(C2=Nc3ccccc3Sc3ccccc32)CCN1CCOCCO.O=C(O)CC(=O)NCC1CN(C2=Nc3ccccc3Sc3ccccc32)CCN1CCOCCO.O=C1CCC(=O)O1. The number of fused-ring (bicyclic) bond motifs is 4. The van der Waals surface area contributed by atoms with Gasteiger partial charge in [0.2, 0.25) is 5.91 Å². The predicted molar refractivity (Wildman–Crippen MR) is 271 cm³/mol. The highest BCUT2D eigenvalue weighted by Gasteiger charge is 2.33. The molecule has 3 saturated heterocycles. The summed E-state index contributed by atoms with van der Waals surface area (Å²) in [5.41, 5.74) is 10.3. The van der Waals surface area contributed by atoms with Crippen LogP contribution in [-0.2, 0) is 33.4 Å². The molecule has 4 aromatic rings. The molecule has 9 rings (SSSR count). The Hall–Kier alpha value is -5.68. The number of nitrogens with zero attached hydrogens (tertiary/aromatic N) is 6. The van der Waals surface area contributed by atoms with E-state index in [1.165, 1.54) is 15.4 Å². The van der Waals surface area contributed by atoms with Crippen molar-refractivity contribution < 1.29 is 48.7 Å². The number of benzene rings is 4. The molecule has 0 aliphatic carbocycles. The molecule has 0 aromatic heterocycles. The zero-order chi connectivity index (χ0) is 50.0. The van der Waals surface area contributed by atoms with Crippen molar-refractivity contribution in [3.63, 3.8) is 0 Å². The van der Waals surface area contributed by atoms with Crippen LogP contribution in [0.25, 0.3) is 0 Å². The average Bonchev–Trinajstić information content (AvgIpc) is 3.58. The summed E-state index contributed by atoms with van der Waals surface area (Å²) < 4.78 is 15.0. The Labute approximate surface area is 422 Å². The molecule has 5 aliphatic rings. The topological polar surface area (TPSA) is 232 Å². The number of aliphatic hydroxyl groups excluding tert-OH is 2. The van der Waals surface area contributed by atoms with Gasteiger partial charge in [-0.05, 0) is 36.4 Å². The Bertz CT molecular complexity index is 2500. The number of ether oxygens (including phenoxy) is 3. The van der Waals surface area contributed by atoms with E-state index in [0.29, 0.717) is 46.0 Å². The van der Waals surface area contributed by atoms with Crippen LogP contribution in [0.1, 0.15) is 30.4 Å². The lowest BCUT2D eigenvalue weighted by Gasteiger charge is -2.42. The molecule has 0 spiro atoms. The number of aliphatic hydroxyl groups is 2. The van der Waals surface area contributed by atoms with Crippen LogP contribution in [0.3, 0.4) is 0 Å². The lowest BCUT2D eigenvalue weighted by atomic mass is 10.1. The van der Waals surface area contributed by atoms with Gasteiger partial charge in [0, 0.05) is 108 Å². The van der Waals surface area contributed by atoms with Gasteiger partial charge in [0.15, 0.2) is 0 Å². The standard InChI is InChI=1S/C25H30N4O5S.C22H28N4O2S.C4H4O3/c30-12-14-34-13-11-28-9-10-29(17-18(28)16-26-23(31)15-24(32)33)25-19-5-1-3-7-21(19)35-22-8-4-2-6-20(22)27-25;23-15-17-16-26(10-9-25(17)11-13-28-14-12-27)22-18-5-1-3-7-20(18)29-21-8-4-2-6-19(21)24-22;5-3-1-2-4(6)7-3/h1-8,18,30H,9-17H2,(H,26,31)(H,32,33);1-8,17,27H,9-16,23H2;1-2H2. The molecule has 71 heavy (non-hydrogen) atoms. The number of nitrogens with two attached hydrogens (primary N) is 1. The number of esters is 2. The number of aliphatic imine (C=N–C) groups is 2. The number of amides is 1. The highest BCUT2D eigenvalue weighted by atomic mass is 32.2. The quantitative estimate of drug-likeness (QED) is 0.0647. The van der Waals surface area contributed by atoms with Gasteiger partial charge >= 0.3 is 17.9 Å². The van der Waals surface area contributed by atoms with Gasteiger partial charge in [-0.3, -0.25) is 29.0 Å². The van der Waals surface area contributed by atoms with E-state index < -0.39 is 30.2 Å². The third-order valence-corrected chi connectivity index (χ3v) is 14.4. The van der Waals surface area contributed by atoms with Crippen LogP contribution in [0.15, 0.2) is 127 Å². The fourth-order valence-electron chi connectivity index (χ4n) is 8.56. The zero-order valence-corrected chi connectivity index (χ0v) is 41.2. The van der Waals surface area contributed by atoms with Crippen LogP contribution < -0.4 is 11.1 Å². The minimum Gasteiger partial charge on any atom is -0.481 e. The van der Waals surface area contributed by atoms with E-state index in [1.54, 1.807) is 23.5 Å². The van der Waals surface area contributed by atoms with Gasteiger partial charge < -0.3 is 50.4 Å². The molecule has 2 unspecified atom stereocenters. The molecule has 3 fully saturated rings. The number of piperazine rings is 2. The van der Waals surface area contributed by atoms with E-state index in [2.05, 4.69) is 90.3 Å². The van der Waals surface area contributed by atoms with Crippen molar-refractivity contribution in [2.45, 2.75) is 50.9 Å². The molecule has 0 saturated carbocycles. The van der Waals surface area contributed by atoms with E-state index in [9.17, 15) is 19.2 Å². The first-order valence-corrected chi connectivity index (χ1v) is 25.4. The van der Waals surface area contributed by atoms with Gasteiger partial charge in [-0.2, -0.15) is 0 Å². The lowest BCUT2D eigenvalue weighted by molar-refractivity contribution is -0.152. The Morgan fingerprint density at radius 3 is 1.55 bits per heavy atom. The number of rotatable bonds is 15. The van der Waals surface area contributed by atoms with Crippen molar-refractivity contribution in [1.29, 1.82) is 0 Å². The van der Waals surface area contributed by atoms with Crippen molar-refractivity contribution in [2.75, 3.05) is 105 Å². The lowest BCUT2D eigenvalue weighted by Crippen LogP contribution is -2.59. The maximum Gasteiger partial charge on any atom is 0.314 e. The minimum atomic E-state index is -1.15. The molecule has 5 heterocycles. The van der Waals surface area contributed by atoms with E-state index in [4.69, 9.17) is 40.5 Å². The van der Waals surface area contributed by atoms with Crippen molar-refractivity contribution >= 4 is 70.4 Å². The second kappa shape index (κ2) is 27.2. The van der Waals surface area contributed by atoms with Crippen molar-refractivity contribution in [3.8, 4) is 0 Å². The molecule has 1 amide bonds. The monoisotopic (exact) mass is 1010 g/mol. The summed E-state index contributed by atoms with van der Waals surface area (Å²) in [7, 11) is 0. The Morgan fingerprint density at radius 2 is 1.10 bits per heavy atom. The summed E-state index contributed by atoms with van der Waals surface area (Å²) in [6, 6.07) is 33.4. The number of hydrogen-bond donors (Lipinski definition) is 5. The van der Waals surface area contributed by atoms with Crippen LogP contribution in [-0.4, -0.2) is 188 Å². The highest BCUT2D eigenvalue weighted by Crippen LogP contribution is 2.42. The van der Waals surface area contributed by atoms with Crippen LogP contribution in [0.5, 0.6) is 0 Å². The van der Waals surface area contributed by atoms with Gasteiger partial charge in [0.05, 0.1) is 63.9 Å². The van der Waals surface area contributed by atoms with Crippen molar-refractivity contribution in [2.24, 2.45) is 15.7 Å². The van der Waals surface area contributed by atoms with Crippen LogP contribution in [0.4, 0.5) is 11.4 Å². The second-order valence-corrected chi connectivity index (χ2v) is 19.1. The molecule has 18 nitrogen and oxygen atoms in total. The molecular formula is C51H62N8O10S2. The van der Waals surface area contributed by atoms with E-state index in [-0.39, 0.29) is 44.7 Å². The largest absolute Gasteiger partial charge is 0.481 e. The molecule has 2 atom stereocenters. The molecule has 5 aliphatic heterocycles. The number of cyclic esters (lactones) is 2. The van der Waals surface area contributed by atoms with Gasteiger partial charge in [0.1, 0.15) is 18.1 Å². The number of aliphatic carboxylic acids is 1. The third kappa shape index (κ3) is 15.2. The fraction of sp³-hybridized carbons (Fsp3) is 0.412. The first kappa shape index (κ1) is 53.1. The number of carbonyl (C=O) groups excluding carboxylic acids is 3. The Morgan fingerprint density at radius 1 is 0.648 bits per heavy atom. The van der Waals surface area contributed by atoms with Gasteiger partial charge in [-0.1, -0.05) is 84.2 Å². The molecular weight excluding hydrogens is 949 g/mol. The van der Waals surface area contributed by atoms with E-state index in [1.807, 2.05) is 36.4 Å². The summed E-state index contributed by atoms with van der Waals surface area (Å²) in [5, 5.41) is 29.5. The van der Waals surface area contributed by atoms with Crippen LogP contribution >= 0.6 is 23.5 Å². The minimum absolute atomic E-state index is 0.0266.